The molecule has 0 saturated carbocycles. The molecule has 0 bridgehead atoms. The number of aryl methyl sites for hydroxylation is 1. The van der Waals surface area contributed by atoms with Gasteiger partial charge in [-0.3, -0.25) is 9.48 Å². The van der Waals surface area contributed by atoms with Gasteiger partial charge >= 0.3 is 5.97 Å². The van der Waals surface area contributed by atoms with Crippen molar-refractivity contribution < 1.29 is 14.3 Å². The van der Waals surface area contributed by atoms with Crippen molar-refractivity contribution in [2.45, 2.75) is 12.8 Å². The van der Waals surface area contributed by atoms with E-state index in [4.69, 9.17) is 0 Å². The Morgan fingerprint density at radius 2 is 2.16 bits per heavy atom. The van der Waals surface area contributed by atoms with Crippen molar-refractivity contribution in [1.82, 2.24) is 9.78 Å². The van der Waals surface area contributed by atoms with Gasteiger partial charge in [-0.1, -0.05) is 18.2 Å². The quantitative estimate of drug-likeness (QED) is 0.897. The van der Waals surface area contributed by atoms with E-state index in [-0.39, 0.29) is 12.2 Å². The summed E-state index contributed by atoms with van der Waals surface area (Å²) in [6.45, 7) is 0. The molecule has 19 heavy (non-hydrogen) atoms. The summed E-state index contributed by atoms with van der Waals surface area (Å²) in [7, 11) is 1.77. The Morgan fingerprint density at radius 1 is 1.42 bits per heavy atom. The molecule has 0 amide bonds. The van der Waals surface area contributed by atoms with Crippen LogP contribution in [0.15, 0.2) is 36.7 Å². The van der Waals surface area contributed by atoms with Gasteiger partial charge in [0.2, 0.25) is 0 Å². The molecule has 100 valence electrons. The summed E-state index contributed by atoms with van der Waals surface area (Å²) < 4.78 is 15.2. The van der Waals surface area contributed by atoms with E-state index in [0.717, 1.165) is 5.56 Å². The van der Waals surface area contributed by atoms with Crippen LogP contribution in [-0.2, 0) is 24.7 Å². The fourth-order valence-electron chi connectivity index (χ4n) is 2.04. The van der Waals surface area contributed by atoms with Gasteiger partial charge in [0.1, 0.15) is 5.82 Å². The number of carboxylic acids is 1. The number of carboxylic acid groups (broad SMARTS) is 1. The van der Waals surface area contributed by atoms with Crippen LogP contribution in [0.25, 0.3) is 0 Å². The second-order valence-corrected chi connectivity index (χ2v) is 4.56. The first-order valence-electron chi connectivity index (χ1n) is 6.00. The van der Waals surface area contributed by atoms with Crippen molar-refractivity contribution in [3.05, 3.63) is 53.6 Å². The van der Waals surface area contributed by atoms with Crippen LogP contribution in [0, 0.1) is 11.7 Å². The molecule has 0 aliphatic carbocycles. The average Bonchev–Trinajstić information content (AvgIpc) is 2.76. The van der Waals surface area contributed by atoms with Gasteiger partial charge in [-0.05, 0) is 30.0 Å². The number of halogens is 1. The molecular weight excluding hydrogens is 247 g/mol. The third-order valence-electron chi connectivity index (χ3n) is 3.01. The van der Waals surface area contributed by atoms with E-state index < -0.39 is 11.9 Å². The minimum Gasteiger partial charge on any atom is -0.481 e. The number of aromatic nitrogens is 2. The van der Waals surface area contributed by atoms with Crippen molar-refractivity contribution in [2.24, 2.45) is 13.0 Å². The van der Waals surface area contributed by atoms with Gasteiger partial charge in [-0.15, -0.1) is 0 Å². The Morgan fingerprint density at radius 3 is 2.74 bits per heavy atom. The number of hydrogen-bond acceptors (Lipinski definition) is 2. The number of nitrogens with zero attached hydrogens (tertiary/aromatic N) is 2. The van der Waals surface area contributed by atoms with Gasteiger partial charge in [0.25, 0.3) is 0 Å². The summed E-state index contributed by atoms with van der Waals surface area (Å²) in [5.74, 6) is -1.94. The molecule has 0 aliphatic heterocycles. The van der Waals surface area contributed by atoms with Gasteiger partial charge in [0.05, 0.1) is 12.1 Å². The second-order valence-electron chi connectivity index (χ2n) is 4.56. The number of carbonyl (C=O) groups is 1. The zero-order chi connectivity index (χ0) is 13.8. The summed E-state index contributed by atoms with van der Waals surface area (Å²) in [6, 6.07) is 6.27. The zero-order valence-corrected chi connectivity index (χ0v) is 10.6. The van der Waals surface area contributed by atoms with Crippen LogP contribution in [0.5, 0.6) is 0 Å². The Hall–Kier alpha value is -2.17. The lowest BCUT2D eigenvalue weighted by Crippen LogP contribution is -2.19. The van der Waals surface area contributed by atoms with Gasteiger partial charge in [0, 0.05) is 13.2 Å². The van der Waals surface area contributed by atoms with Crippen LogP contribution in [0.2, 0.25) is 0 Å². The molecule has 0 fully saturated rings. The average molecular weight is 262 g/mol. The molecule has 0 aliphatic rings. The van der Waals surface area contributed by atoms with Crippen molar-refractivity contribution in [1.29, 1.82) is 0 Å². The third kappa shape index (κ3) is 3.40. The van der Waals surface area contributed by atoms with E-state index in [1.807, 2.05) is 0 Å². The Balaban J connectivity index is 2.13. The van der Waals surface area contributed by atoms with Crippen molar-refractivity contribution >= 4 is 5.97 Å². The smallest absolute Gasteiger partial charge is 0.307 e. The van der Waals surface area contributed by atoms with E-state index >= 15 is 0 Å². The van der Waals surface area contributed by atoms with Crippen molar-refractivity contribution in [3.8, 4) is 0 Å². The molecule has 5 heteroatoms. The van der Waals surface area contributed by atoms with E-state index in [9.17, 15) is 14.3 Å². The highest BCUT2D eigenvalue weighted by Gasteiger charge is 2.20. The number of benzene rings is 1. The van der Waals surface area contributed by atoms with E-state index in [2.05, 4.69) is 5.10 Å². The summed E-state index contributed by atoms with van der Waals surface area (Å²) in [5.41, 5.74) is 1.27. The molecule has 0 radical (unpaired) electrons. The van der Waals surface area contributed by atoms with Crippen molar-refractivity contribution in [2.75, 3.05) is 0 Å². The van der Waals surface area contributed by atoms with Gasteiger partial charge in [0.15, 0.2) is 0 Å². The number of hydrogen-bond donors (Lipinski definition) is 1. The molecule has 1 heterocycles. The first-order valence-corrected chi connectivity index (χ1v) is 6.00. The van der Waals surface area contributed by atoms with Crippen LogP contribution in [0.4, 0.5) is 4.39 Å². The molecule has 2 rings (SSSR count). The molecule has 2 aromatic rings. The van der Waals surface area contributed by atoms with Gasteiger partial charge in [-0.2, -0.15) is 5.10 Å². The van der Waals surface area contributed by atoms with Crippen LogP contribution >= 0.6 is 0 Å². The number of rotatable bonds is 5. The molecule has 1 aromatic carbocycles. The van der Waals surface area contributed by atoms with E-state index in [1.54, 1.807) is 42.3 Å². The lowest BCUT2D eigenvalue weighted by Gasteiger charge is -2.11. The van der Waals surface area contributed by atoms with Crippen LogP contribution < -0.4 is 0 Å². The summed E-state index contributed by atoms with van der Waals surface area (Å²) >= 11 is 0. The maximum atomic E-state index is 13.5. The minimum atomic E-state index is -0.924. The second kappa shape index (κ2) is 5.65. The first-order chi connectivity index (χ1) is 9.06. The molecule has 1 atom stereocenters. The first kappa shape index (κ1) is 13.3. The Kier molecular flexibility index (Phi) is 3.94. The van der Waals surface area contributed by atoms with Crippen LogP contribution in [0.1, 0.15) is 11.1 Å². The normalized spacial score (nSPS) is 12.3. The van der Waals surface area contributed by atoms with Gasteiger partial charge < -0.3 is 5.11 Å². The molecule has 1 unspecified atom stereocenters. The highest BCUT2D eigenvalue weighted by molar-refractivity contribution is 5.70. The summed E-state index contributed by atoms with van der Waals surface area (Å²) in [4.78, 5) is 11.3. The van der Waals surface area contributed by atoms with E-state index in [0.29, 0.717) is 12.0 Å². The predicted octanol–water partition coefficient (Wildman–Crippen LogP) is 2.05. The monoisotopic (exact) mass is 262 g/mol. The fraction of sp³-hybridized carbons (Fsp3) is 0.286. The highest BCUT2D eigenvalue weighted by Crippen LogP contribution is 2.17. The van der Waals surface area contributed by atoms with Crippen molar-refractivity contribution in [3.63, 3.8) is 0 Å². The molecule has 1 N–H and O–H groups in total. The largest absolute Gasteiger partial charge is 0.481 e. The maximum Gasteiger partial charge on any atom is 0.307 e. The Labute approximate surface area is 110 Å². The van der Waals surface area contributed by atoms with Crippen LogP contribution in [0.3, 0.4) is 0 Å². The predicted molar refractivity (Wildman–Crippen MR) is 68.1 cm³/mol. The fourth-order valence-corrected chi connectivity index (χ4v) is 2.04. The number of aliphatic carboxylic acids is 1. The lowest BCUT2D eigenvalue weighted by molar-refractivity contribution is -0.141. The SMILES string of the molecule is Cn1cc(CC(Cc2ccccc2F)C(=O)O)cn1. The molecule has 0 spiro atoms. The topological polar surface area (TPSA) is 55.1 Å². The summed E-state index contributed by atoms with van der Waals surface area (Å²) in [6.07, 6.45) is 3.93. The van der Waals surface area contributed by atoms with Crippen LogP contribution in [-0.4, -0.2) is 20.9 Å². The summed E-state index contributed by atoms with van der Waals surface area (Å²) in [5, 5.41) is 13.2. The molecule has 1 aromatic heterocycles. The molecular formula is C14H15FN2O2. The standard InChI is InChI=1S/C14H15FN2O2/c1-17-9-10(8-16-17)6-12(14(18)19)7-11-4-2-3-5-13(11)15/h2-5,8-9,12H,6-7H2,1H3,(H,18,19). The highest BCUT2D eigenvalue weighted by atomic mass is 19.1. The molecule has 4 nitrogen and oxygen atoms in total. The van der Waals surface area contributed by atoms with Gasteiger partial charge in [-0.25, -0.2) is 4.39 Å². The third-order valence-corrected chi connectivity index (χ3v) is 3.01. The van der Waals surface area contributed by atoms with E-state index in [1.165, 1.54) is 6.07 Å². The lowest BCUT2D eigenvalue weighted by atomic mass is 9.93. The Bertz CT molecular complexity index is 580. The molecule has 0 saturated heterocycles. The minimum absolute atomic E-state index is 0.177. The zero-order valence-electron chi connectivity index (χ0n) is 10.6. The maximum absolute atomic E-state index is 13.5.